The fourth-order valence-electron chi connectivity index (χ4n) is 5.48. The zero-order chi connectivity index (χ0) is 30.7. The van der Waals surface area contributed by atoms with Crippen LogP contribution >= 0.6 is 11.3 Å². The molecule has 0 aliphatic carbocycles. The molecule has 11 nitrogen and oxygen atoms in total. The van der Waals surface area contributed by atoms with Gasteiger partial charge in [0.15, 0.2) is 10.9 Å². The third-order valence-electron chi connectivity index (χ3n) is 7.97. The van der Waals surface area contributed by atoms with Crippen LogP contribution in [0.1, 0.15) is 37.1 Å². The van der Waals surface area contributed by atoms with Crippen LogP contribution in [0.4, 0.5) is 21.2 Å². The lowest BCUT2D eigenvalue weighted by Gasteiger charge is -2.41. The first-order valence-electron chi connectivity index (χ1n) is 14.2. The summed E-state index contributed by atoms with van der Waals surface area (Å²) >= 11 is 1.24. The maximum atomic E-state index is 13.5. The van der Waals surface area contributed by atoms with Gasteiger partial charge in [0, 0.05) is 77.1 Å². The Kier molecular flexibility index (Phi) is 8.91. The zero-order valence-corrected chi connectivity index (χ0v) is 25.4. The van der Waals surface area contributed by atoms with Gasteiger partial charge in [0.25, 0.3) is 5.91 Å². The molecule has 2 fully saturated rings. The number of amides is 1. The summed E-state index contributed by atoms with van der Waals surface area (Å²) in [7, 11) is 1.86. The highest BCUT2D eigenvalue weighted by molar-refractivity contribution is 7.16. The second kappa shape index (κ2) is 12.6. The van der Waals surface area contributed by atoms with Crippen LogP contribution in [0.25, 0.3) is 17.3 Å². The number of ether oxygens (including phenoxy) is 1. The largest absolute Gasteiger partial charge is 0.381 e. The van der Waals surface area contributed by atoms with Crippen molar-refractivity contribution in [3.05, 3.63) is 46.2 Å². The minimum atomic E-state index is -1.35. The third kappa shape index (κ3) is 6.04. The van der Waals surface area contributed by atoms with Crippen molar-refractivity contribution in [1.82, 2.24) is 24.6 Å². The number of hydrogen-bond acceptors (Lipinski definition) is 10. The molecule has 43 heavy (non-hydrogen) atoms. The van der Waals surface area contributed by atoms with E-state index in [4.69, 9.17) is 9.72 Å². The molecule has 0 spiro atoms. The van der Waals surface area contributed by atoms with E-state index in [0.29, 0.717) is 85.9 Å². The van der Waals surface area contributed by atoms with E-state index >= 15 is 0 Å². The number of aliphatic hydroxyl groups is 1. The number of aryl methyl sites for hydroxylation is 1. The molecule has 1 amide bonds. The summed E-state index contributed by atoms with van der Waals surface area (Å²) in [5, 5.41) is 25.9. The average molecular weight is 607 g/mol. The molecule has 0 saturated carbocycles. The van der Waals surface area contributed by atoms with E-state index in [-0.39, 0.29) is 11.7 Å². The van der Waals surface area contributed by atoms with Gasteiger partial charge in [-0.15, -0.1) is 0 Å². The van der Waals surface area contributed by atoms with E-state index in [9.17, 15) is 19.6 Å². The highest BCUT2D eigenvalue weighted by Gasteiger charge is 2.41. The van der Waals surface area contributed by atoms with Crippen LogP contribution in [0.3, 0.4) is 0 Å². The van der Waals surface area contributed by atoms with Gasteiger partial charge < -0.3 is 24.5 Å². The van der Waals surface area contributed by atoms with Crippen LogP contribution in [-0.2, 0) is 16.1 Å². The molecule has 0 atom stereocenters. The number of aliphatic imine (C=N–C) groups is 1. The summed E-state index contributed by atoms with van der Waals surface area (Å²) in [4.78, 5) is 28.3. The van der Waals surface area contributed by atoms with Crippen molar-refractivity contribution >= 4 is 46.8 Å². The molecule has 13 heteroatoms. The summed E-state index contributed by atoms with van der Waals surface area (Å²) in [6, 6.07) is 8.14. The molecule has 1 N–H and O–H groups in total. The lowest BCUT2D eigenvalue weighted by molar-refractivity contribution is -0.162. The number of nitrogens with zero attached hydrogens (tertiary/aromatic N) is 8. The summed E-state index contributed by atoms with van der Waals surface area (Å²) in [5.41, 5.74) is 1.52. The normalized spacial score (nSPS) is 17.1. The predicted octanol–water partition coefficient (Wildman–Crippen LogP) is 4.18. The van der Waals surface area contributed by atoms with Crippen LogP contribution < -0.4 is 4.90 Å². The fourth-order valence-corrected chi connectivity index (χ4v) is 6.33. The standard InChI is InChI=1S/C30H35FN8O3S/c1-5-39-27(36(4)29-34-25(24(19-32)43-29)21-6-8-22(31)9-7-21)23(26(33-3)35-39)18-20(2)37-12-14-38(15-13-37)28(40)30(41)10-16-42-17-11-30/h6-9,18,41H,3,5,10-17H2,1-2,4H3/b20-18+. The summed E-state index contributed by atoms with van der Waals surface area (Å²) in [6.45, 7) is 11.3. The predicted molar refractivity (Wildman–Crippen MR) is 164 cm³/mol. The molecule has 2 aliphatic heterocycles. The molecule has 5 rings (SSSR count). The van der Waals surface area contributed by atoms with Gasteiger partial charge in [-0.05, 0) is 50.9 Å². The number of piperazine rings is 1. The van der Waals surface area contributed by atoms with Crippen LogP contribution in [0, 0.1) is 17.1 Å². The SMILES string of the molecule is C=Nc1nn(CC)c(N(C)c2nc(-c3ccc(F)cc3)c(C#N)s2)c1/C=C(\C)N1CCN(C(=O)C2(O)CCOCC2)CC1. The molecule has 2 saturated heterocycles. The minimum Gasteiger partial charge on any atom is -0.381 e. The molecule has 1 aromatic carbocycles. The van der Waals surface area contributed by atoms with Gasteiger partial charge in [-0.1, -0.05) is 11.3 Å². The molecule has 0 bridgehead atoms. The Balaban J connectivity index is 1.40. The second-order valence-corrected chi connectivity index (χ2v) is 11.6. The number of hydrogen-bond donors (Lipinski definition) is 1. The summed E-state index contributed by atoms with van der Waals surface area (Å²) in [6.07, 6.45) is 2.65. The summed E-state index contributed by atoms with van der Waals surface area (Å²) < 4.78 is 20.7. The molecule has 0 radical (unpaired) electrons. The van der Waals surface area contributed by atoms with Gasteiger partial charge in [0.1, 0.15) is 33.9 Å². The second-order valence-electron chi connectivity index (χ2n) is 10.6. The zero-order valence-electron chi connectivity index (χ0n) is 24.6. The van der Waals surface area contributed by atoms with Crippen molar-refractivity contribution in [3.63, 3.8) is 0 Å². The number of rotatable bonds is 8. The average Bonchev–Trinajstić information content (AvgIpc) is 3.62. The minimum absolute atomic E-state index is 0.219. The van der Waals surface area contributed by atoms with Gasteiger partial charge >= 0.3 is 0 Å². The Morgan fingerprint density at radius 1 is 1.26 bits per heavy atom. The highest BCUT2D eigenvalue weighted by Crippen LogP contribution is 2.39. The Morgan fingerprint density at radius 2 is 1.91 bits per heavy atom. The van der Waals surface area contributed by atoms with Crippen LogP contribution in [0.5, 0.6) is 0 Å². The van der Waals surface area contributed by atoms with Gasteiger partial charge in [0.05, 0.1) is 5.56 Å². The van der Waals surface area contributed by atoms with Gasteiger partial charge in [-0.25, -0.2) is 19.0 Å². The van der Waals surface area contributed by atoms with Crippen molar-refractivity contribution in [2.24, 2.45) is 4.99 Å². The van der Waals surface area contributed by atoms with Crippen molar-refractivity contribution in [2.75, 3.05) is 51.3 Å². The first-order valence-corrected chi connectivity index (χ1v) is 15.0. The number of anilines is 2. The molecule has 2 aromatic heterocycles. The van der Waals surface area contributed by atoms with E-state index in [2.05, 4.69) is 27.8 Å². The summed E-state index contributed by atoms with van der Waals surface area (Å²) in [5.74, 6) is 0.629. The molecular weight excluding hydrogens is 571 g/mol. The molecule has 0 unspecified atom stereocenters. The molecule has 226 valence electrons. The molecule has 2 aliphatic rings. The maximum absolute atomic E-state index is 13.5. The lowest BCUT2D eigenvalue weighted by Crippen LogP contribution is -2.57. The fraction of sp³-hybridized carbons (Fsp3) is 0.433. The molecule has 4 heterocycles. The first-order chi connectivity index (χ1) is 20.7. The Morgan fingerprint density at radius 3 is 2.51 bits per heavy atom. The number of carbonyl (C=O) groups excluding carboxylic acids is 1. The quantitative estimate of drug-likeness (QED) is 0.379. The van der Waals surface area contributed by atoms with E-state index in [1.807, 2.05) is 36.6 Å². The topological polar surface area (TPSA) is 123 Å². The van der Waals surface area contributed by atoms with Gasteiger partial charge in [-0.2, -0.15) is 10.4 Å². The highest BCUT2D eigenvalue weighted by atomic mass is 32.1. The first kappa shape index (κ1) is 30.3. The maximum Gasteiger partial charge on any atom is 0.254 e. The molecule has 3 aromatic rings. The number of benzene rings is 1. The Labute approximate surface area is 254 Å². The number of aromatic nitrogens is 3. The van der Waals surface area contributed by atoms with Crippen molar-refractivity contribution in [2.45, 2.75) is 38.8 Å². The van der Waals surface area contributed by atoms with E-state index in [1.54, 1.807) is 17.0 Å². The number of carbonyl (C=O) groups is 1. The van der Waals surface area contributed by atoms with E-state index in [1.165, 1.54) is 23.5 Å². The van der Waals surface area contributed by atoms with Crippen molar-refractivity contribution in [3.8, 4) is 17.3 Å². The van der Waals surface area contributed by atoms with E-state index < -0.39 is 5.60 Å². The van der Waals surface area contributed by atoms with Crippen molar-refractivity contribution in [1.29, 1.82) is 5.26 Å². The Hall–Kier alpha value is -4.12. The van der Waals surface area contributed by atoms with Gasteiger partial charge in [0.2, 0.25) is 0 Å². The molecular formula is C30H35FN8O3S. The van der Waals surface area contributed by atoms with Crippen molar-refractivity contribution < 1.29 is 19.0 Å². The number of thiazole rings is 1. The van der Waals surface area contributed by atoms with Crippen LogP contribution in [0.2, 0.25) is 0 Å². The van der Waals surface area contributed by atoms with Crippen LogP contribution in [-0.4, -0.2) is 94.3 Å². The number of nitriles is 1. The smallest absolute Gasteiger partial charge is 0.254 e. The van der Waals surface area contributed by atoms with E-state index in [0.717, 1.165) is 17.1 Å². The van der Waals surface area contributed by atoms with Gasteiger partial charge in [-0.3, -0.25) is 4.79 Å². The Bertz CT molecular complexity index is 1560. The monoisotopic (exact) mass is 606 g/mol. The number of allylic oxidation sites excluding steroid dienone is 1. The number of halogens is 1. The lowest BCUT2D eigenvalue weighted by atomic mass is 9.92. The van der Waals surface area contributed by atoms with Crippen LogP contribution in [0.15, 0.2) is 35.0 Å². The third-order valence-corrected chi connectivity index (χ3v) is 9.00.